The Morgan fingerprint density at radius 2 is 1.83 bits per heavy atom. The number of nitrogens with one attached hydrogen (secondary N) is 3. The number of pyridine rings is 1. The molecule has 0 radical (unpaired) electrons. The van der Waals surface area contributed by atoms with Crippen LogP contribution in [0.1, 0.15) is 63.4 Å². The summed E-state index contributed by atoms with van der Waals surface area (Å²) in [6, 6.07) is 3.88. The zero-order chi connectivity index (χ0) is 24.6. The number of carbonyl (C=O) groups excluding carboxylic acids is 2. The maximum Gasteiger partial charge on any atom is 0.315 e. The lowest BCUT2D eigenvalue weighted by atomic mass is 9.95. The Morgan fingerprint density at radius 3 is 2.60 bits per heavy atom. The van der Waals surface area contributed by atoms with E-state index in [4.69, 9.17) is 9.47 Å². The van der Waals surface area contributed by atoms with Gasteiger partial charge in [0, 0.05) is 51.2 Å². The molecule has 3 N–H and O–H groups in total. The summed E-state index contributed by atoms with van der Waals surface area (Å²) in [6.45, 7) is 5.85. The van der Waals surface area contributed by atoms with Crippen molar-refractivity contribution in [2.45, 2.75) is 76.5 Å². The lowest BCUT2D eigenvalue weighted by molar-refractivity contribution is -0.134. The van der Waals surface area contributed by atoms with Crippen molar-refractivity contribution in [2.75, 3.05) is 46.0 Å². The van der Waals surface area contributed by atoms with Crippen LogP contribution < -0.4 is 16.0 Å². The first-order valence-electron chi connectivity index (χ1n) is 13.3. The molecule has 9 heteroatoms. The number of carbonyl (C=O) groups is 2. The van der Waals surface area contributed by atoms with Gasteiger partial charge in [-0.2, -0.15) is 0 Å². The van der Waals surface area contributed by atoms with Crippen LogP contribution in [0.15, 0.2) is 24.5 Å². The average molecular weight is 490 g/mol. The molecule has 0 aromatic carbocycles. The van der Waals surface area contributed by atoms with Crippen LogP contribution in [-0.4, -0.2) is 80.0 Å². The number of aromatic nitrogens is 1. The van der Waals surface area contributed by atoms with Gasteiger partial charge in [-0.3, -0.25) is 14.7 Å². The first kappa shape index (κ1) is 27.4. The van der Waals surface area contributed by atoms with Gasteiger partial charge in [-0.1, -0.05) is 32.1 Å². The number of rotatable bonds is 14. The predicted octanol–water partition coefficient (Wildman–Crippen LogP) is 2.61. The molecule has 1 saturated carbocycles. The molecule has 1 aliphatic carbocycles. The zero-order valence-electron chi connectivity index (χ0n) is 21.0. The summed E-state index contributed by atoms with van der Waals surface area (Å²) in [5.74, 6) is 0.0347. The van der Waals surface area contributed by atoms with E-state index in [1.54, 1.807) is 12.4 Å². The first-order chi connectivity index (χ1) is 17.2. The number of unbranched alkanes of at least 4 members (excludes halogenated alkanes) is 2. The van der Waals surface area contributed by atoms with Crippen molar-refractivity contribution >= 4 is 11.9 Å². The molecule has 3 rings (SSSR count). The molecule has 0 bridgehead atoms. The predicted molar refractivity (Wildman–Crippen MR) is 135 cm³/mol. The largest absolute Gasteiger partial charge is 0.379 e. The zero-order valence-corrected chi connectivity index (χ0v) is 21.0. The SMILES string of the molecule is O=C(NCCCCCC(OCCN1CCOCC1)C(=O)NC1CCCCC1)NCc1ccncc1. The van der Waals surface area contributed by atoms with Gasteiger partial charge in [-0.15, -0.1) is 0 Å². The van der Waals surface area contributed by atoms with Gasteiger partial charge in [0.15, 0.2) is 0 Å². The third-order valence-electron chi connectivity index (χ3n) is 6.71. The number of amides is 3. The van der Waals surface area contributed by atoms with Crippen molar-refractivity contribution in [1.29, 1.82) is 0 Å². The Morgan fingerprint density at radius 1 is 1.06 bits per heavy atom. The summed E-state index contributed by atoms with van der Waals surface area (Å²) in [5, 5.41) is 8.98. The quantitative estimate of drug-likeness (QED) is 0.347. The molecule has 1 aliphatic heterocycles. The van der Waals surface area contributed by atoms with Crippen molar-refractivity contribution in [3.8, 4) is 0 Å². The highest BCUT2D eigenvalue weighted by molar-refractivity contribution is 5.81. The van der Waals surface area contributed by atoms with Gasteiger partial charge in [0.2, 0.25) is 5.91 Å². The van der Waals surface area contributed by atoms with Crippen LogP contribution in [0.2, 0.25) is 0 Å². The third kappa shape index (κ3) is 11.4. The second kappa shape index (κ2) is 16.4. The second-order valence-corrected chi connectivity index (χ2v) is 9.47. The van der Waals surface area contributed by atoms with Crippen LogP contribution in [-0.2, 0) is 20.8 Å². The summed E-state index contributed by atoms with van der Waals surface area (Å²) in [7, 11) is 0. The maximum absolute atomic E-state index is 13.0. The fourth-order valence-corrected chi connectivity index (χ4v) is 4.56. The van der Waals surface area contributed by atoms with Gasteiger partial charge in [0.25, 0.3) is 0 Å². The molecule has 1 aromatic heterocycles. The van der Waals surface area contributed by atoms with Crippen molar-refractivity contribution < 1.29 is 19.1 Å². The minimum atomic E-state index is -0.408. The molecule has 0 spiro atoms. The van der Waals surface area contributed by atoms with Gasteiger partial charge < -0.3 is 25.4 Å². The monoisotopic (exact) mass is 489 g/mol. The second-order valence-electron chi connectivity index (χ2n) is 9.47. The number of morpholine rings is 1. The number of ether oxygens (including phenoxy) is 2. The molecule has 2 aliphatic rings. The Kier molecular flexibility index (Phi) is 12.9. The molecule has 1 atom stereocenters. The minimum Gasteiger partial charge on any atom is -0.379 e. The van der Waals surface area contributed by atoms with Crippen LogP contribution in [0.4, 0.5) is 4.79 Å². The third-order valence-corrected chi connectivity index (χ3v) is 6.71. The standard InChI is InChI=1S/C26H43N5O4/c32-25(30-23-7-3-1-4-8-23)24(35-20-17-31-15-18-34-19-16-31)9-5-2-6-12-28-26(33)29-21-22-10-13-27-14-11-22/h10-11,13-14,23-24H,1-9,12,15-21H2,(H,30,32)(H2,28,29,33). The van der Waals surface area contributed by atoms with Gasteiger partial charge in [-0.25, -0.2) is 4.79 Å². The van der Waals surface area contributed by atoms with E-state index >= 15 is 0 Å². The van der Waals surface area contributed by atoms with E-state index in [1.807, 2.05) is 12.1 Å². The van der Waals surface area contributed by atoms with E-state index in [1.165, 1.54) is 19.3 Å². The number of hydrogen-bond acceptors (Lipinski definition) is 6. The van der Waals surface area contributed by atoms with Crippen molar-refractivity contribution in [3.63, 3.8) is 0 Å². The fraction of sp³-hybridized carbons (Fsp3) is 0.731. The average Bonchev–Trinajstić information content (AvgIpc) is 2.90. The number of nitrogens with zero attached hydrogens (tertiary/aromatic N) is 2. The molecule has 35 heavy (non-hydrogen) atoms. The topological polar surface area (TPSA) is 105 Å². The Hall–Kier alpha value is -2.23. The van der Waals surface area contributed by atoms with Crippen LogP contribution in [0, 0.1) is 0 Å². The minimum absolute atomic E-state index is 0.0347. The maximum atomic E-state index is 13.0. The summed E-state index contributed by atoms with van der Waals surface area (Å²) in [6.07, 6.45) is 12.2. The molecule has 1 unspecified atom stereocenters. The van der Waals surface area contributed by atoms with Crippen molar-refractivity contribution in [2.24, 2.45) is 0 Å². The normalized spacial score (nSPS) is 18.1. The van der Waals surface area contributed by atoms with Crippen LogP contribution in [0.25, 0.3) is 0 Å². The summed E-state index contributed by atoms with van der Waals surface area (Å²) in [5.41, 5.74) is 1.02. The van der Waals surface area contributed by atoms with E-state index in [0.717, 1.165) is 70.5 Å². The van der Waals surface area contributed by atoms with Gasteiger partial charge in [0.1, 0.15) is 6.10 Å². The highest BCUT2D eigenvalue weighted by atomic mass is 16.5. The lowest BCUT2D eigenvalue weighted by Gasteiger charge is -2.28. The molecular weight excluding hydrogens is 446 g/mol. The summed E-state index contributed by atoms with van der Waals surface area (Å²) in [4.78, 5) is 31.2. The van der Waals surface area contributed by atoms with E-state index in [0.29, 0.717) is 26.1 Å². The summed E-state index contributed by atoms with van der Waals surface area (Å²) >= 11 is 0. The van der Waals surface area contributed by atoms with Crippen molar-refractivity contribution in [1.82, 2.24) is 25.8 Å². The molecule has 2 heterocycles. The van der Waals surface area contributed by atoms with Gasteiger partial charge in [0.05, 0.1) is 19.8 Å². The lowest BCUT2D eigenvalue weighted by Crippen LogP contribution is -2.44. The van der Waals surface area contributed by atoms with Gasteiger partial charge >= 0.3 is 6.03 Å². The van der Waals surface area contributed by atoms with Crippen LogP contribution in [0.3, 0.4) is 0 Å². The fourth-order valence-electron chi connectivity index (χ4n) is 4.56. The van der Waals surface area contributed by atoms with Crippen molar-refractivity contribution in [3.05, 3.63) is 30.1 Å². The molecule has 2 fully saturated rings. The number of urea groups is 1. The molecule has 3 amide bonds. The Bertz CT molecular complexity index is 724. The van der Waals surface area contributed by atoms with Crippen LogP contribution >= 0.6 is 0 Å². The highest BCUT2D eigenvalue weighted by Crippen LogP contribution is 2.18. The Labute approximate surface area is 209 Å². The highest BCUT2D eigenvalue weighted by Gasteiger charge is 2.23. The van der Waals surface area contributed by atoms with E-state index in [2.05, 4.69) is 25.8 Å². The molecule has 1 aromatic rings. The molecular formula is C26H43N5O4. The van der Waals surface area contributed by atoms with Crippen LogP contribution in [0.5, 0.6) is 0 Å². The Balaban J connectivity index is 1.31. The van der Waals surface area contributed by atoms with E-state index in [9.17, 15) is 9.59 Å². The molecule has 196 valence electrons. The molecule has 1 saturated heterocycles. The first-order valence-corrected chi connectivity index (χ1v) is 13.3. The smallest absolute Gasteiger partial charge is 0.315 e. The molecule has 9 nitrogen and oxygen atoms in total. The van der Waals surface area contributed by atoms with Gasteiger partial charge in [-0.05, 0) is 43.4 Å². The van der Waals surface area contributed by atoms with E-state index in [-0.39, 0.29) is 18.0 Å². The summed E-state index contributed by atoms with van der Waals surface area (Å²) < 4.78 is 11.5. The number of hydrogen-bond donors (Lipinski definition) is 3. The van der Waals surface area contributed by atoms with E-state index < -0.39 is 6.10 Å².